The Labute approximate surface area is 308 Å². The van der Waals surface area contributed by atoms with E-state index in [4.69, 9.17) is 9.84 Å². The van der Waals surface area contributed by atoms with E-state index in [1.54, 1.807) is 98.7 Å². The normalized spacial score (nSPS) is 16.6. The zero-order chi connectivity index (χ0) is 37.4. The standard InChI is InChI=1S/C38H42N4O8S2/c1-38(2,39-20-26(44)22-43)19-35(45)40-31-23-51-33-18-27(50-3)14-16-32(33)42(37(31)47)21-24-13-15-29(34(17-24)52(48)49)28-11-7-8-12-30(28)41-36(46)25-9-5-4-6-10-25/h4-16,18,26,31,39,43-44H,17,19-23H2,1-3H3,(H,40,45)(H,41,46)/t26-,31+/m0/s1. The molecule has 2 aliphatic rings. The smallest absolute Gasteiger partial charge is 0.255 e. The van der Waals surface area contributed by atoms with E-state index >= 15 is 0 Å². The van der Waals surface area contributed by atoms with Gasteiger partial charge in [-0.05, 0) is 55.8 Å². The number of hydrogen-bond donors (Lipinski definition) is 5. The van der Waals surface area contributed by atoms with Crippen LogP contribution >= 0.6 is 11.8 Å². The highest BCUT2D eigenvalue weighted by Crippen LogP contribution is 2.38. The van der Waals surface area contributed by atoms with Gasteiger partial charge in [0.25, 0.3) is 11.8 Å². The van der Waals surface area contributed by atoms with Crippen LogP contribution in [-0.4, -0.2) is 91.5 Å². The van der Waals surface area contributed by atoms with Crippen LogP contribution in [0.15, 0.2) is 95.4 Å². The summed E-state index contributed by atoms with van der Waals surface area (Å²) in [5, 5.41) is 27.7. The van der Waals surface area contributed by atoms with Crippen molar-refractivity contribution in [3.63, 3.8) is 0 Å². The molecule has 1 aliphatic heterocycles. The van der Waals surface area contributed by atoms with Gasteiger partial charge in [-0.3, -0.25) is 14.4 Å². The lowest BCUT2D eigenvalue weighted by Crippen LogP contribution is -2.53. The summed E-state index contributed by atoms with van der Waals surface area (Å²) < 4.78 is 30.9. The topological polar surface area (TPSA) is 174 Å². The van der Waals surface area contributed by atoms with E-state index in [1.807, 2.05) is 12.1 Å². The number of β-amino-alcohol motifs (C(OH)–C–C–N with tert-alkyl or cyclic N) is 1. The Morgan fingerprint density at radius 3 is 2.50 bits per heavy atom. The maximum absolute atomic E-state index is 14.2. The number of aliphatic hydroxyl groups is 2. The molecule has 14 heteroatoms. The van der Waals surface area contributed by atoms with Crippen molar-refractivity contribution in [3.8, 4) is 5.75 Å². The highest BCUT2D eigenvalue weighted by Gasteiger charge is 2.34. The number of fused-ring (bicyclic) bond motifs is 1. The Bertz CT molecular complexity index is 2020. The lowest BCUT2D eigenvalue weighted by atomic mass is 9.91. The third-order valence-electron chi connectivity index (χ3n) is 8.63. The Balaban J connectivity index is 1.42. The van der Waals surface area contributed by atoms with Crippen LogP contribution in [0.1, 0.15) is 42.6 Å². The highest BCUT2D eigenvalue weighted by atomic mass is 32.2. The number of ether oxygens (including phenoxy) is 1. The summed E-state index contributed by atoms with van der Waals surface area (Å²) in [6, 6.07) is 20.1. The second-order valence-corrected chi connectivity index (χ2v) is 15.1. The van der Waals surface area contributed by atoms with Crippen LogP contribution in [0.4, 0.5) is 11.4 Å². The maximum atomic E-state index is 14.2. The molecule has 5 rings (SSSR count). The lowest BCUT2D eigenvalue weighted by Gasteiger charge is -2.30. The molecule has 3 aromatic carbocycles. The number of nitrogens with zero attached hydrogens (tertiary/aromatic N) is 1. The zero-order valence-electron chi connectivity index (χ0n) is 29.1. The third kappa shape index (κ3) is 9.57. The number of benzene rings is 3. The molecule has 0 radical (unpaired) electrons. The van der Waals surface area contributed by atoms with E-state index in [0.717, 1.165) is 4.90 Å². The fraction of sp³-hybridized carbons (Fsp3) is 0.316. The van der Waals surface area contributed by atoms with Gasteiger partial charge in [0.1, 0.15) is 11.8 Å². The molecule has 52 heavy (non-hydrogen) atoms. The summed E-state index contributed by atoms with van der Waals surface area (Å²) in [4.78, 5) is 42.9. The van der Waals surface area contributed by atoms with Gasteiger partial charge >= 0.3 is 0 Å². The van der Waals surface area contributed by atoms with Crippen molar-refractivity contribution in [2.45, 2.75) is 49.3 Å². The quantitative estimate of drug-likeness (QED) is 0.163. The van der Waals surface area contributed by atoms with E-state index in [9.17, 15) is 27.9 Å². The molecule has 0 spiro atoms. The Morgan fingerprint density at radius 1 is 1.06 bits per heavy atom. The third-order valence-corrected chi connectivity index (χ3v) is 10.5. The number of nitrogens with one attached hydrogen (secondary N) is 3. The van der Waals surface area contributed by atoms with E-state index in [1.165, 1.54) is 11.8 Å². The molecule has 3 amide bonds. The van der Waals surface area contributed by atoms with Gasteiger partial charge in [0.2, 0.25) is 16.2 Å². The van der Waals surface area contributed by atoms with Crippen molar-refractivity contribution in [1.82, 2.24) is 10.6 Å². The molecule has 1 heterocycles. The van der Waals surface area contributed by atoms with Crippen molar-refractivity contribution in [2.75, 3.05) is 42.8 Å². The number of allylic oxidation sites excluding steroid dienone is 3. The second kappa shape index (κ2) is 17.2. The summed E-state index contributed by atoms with van der Waals surface area (Å²) in [7, 11) is -1.08. The Morgan fingerprint density at radius 2 is 1.79 bits per heavy atom. The molecule has 0 unspecified atom stereocenters. The van der Waals surface area contributed by atoms with Crippen molar-refractivity contribution in [2.24, 2.45) is 0 Å². The maximum Gasteiger partial charge on any atom is 0.255 e. The number of hydrogen-bond acceptors (Lipinski definition) is 10. The van der Waals surface area contributed by atoms with Crippen LogP contribution in [0.25, 0.3) is 5.57 Å². The largest absolute Gasteiger partial charge is 0.497 e. The fourth-order valence-electron chi connectivity index (χ4n) is 5.91. The van der Waals surface area contributed by atoms with Crippen LogP contribution < -0.4 is 25.6 Å². The average molecular weight is 747 g/mol. The minimum atomic E-state index is -2.63. The van der Waals surface area contributed by atoms with Gasteiger partial charge in [-0.1, -0.05) is 48.6 Å². The van der Waals surface area contributed by atoms with Crippen LogP contribution in [0.5, 0.6) is 5.75 Å². The number of aliphatic hydroxyl groups excluding tert-OH is 2. The molecule has 2 atom stereocenters. The van der Waals surface area contributed by atoms with Gasteiger partial charge in [-0.2, -0.15) is 8.42 Å². The highest BCUT2D eigenvalue weighted by molar-refractivity contribution is 7.99. The lowest BCUT2D eigenvalue weighted by molar-refractivity contribution is -0.127. The molecule has 0 aromatic heterocycles. The number of carbonyl (C=O) groups excluding carboxylic acids is 3. The number of rotatable bonds is 13. The molecule has 274 valence electrons. The first-order valence-electron chi connectivity index (χ1n) is 16.7. The molecular weight excluding hydrogens is 705 g/mol. The van der Waals surface area contributed by atoms with Crippen molar-refractivity contribution >= 4 is 61.6 Å². The first kappa shape index (κ1) is 38.5. The SMILES string of the molecule is COc1ccc2c(c1)SC[C@@H](NC(=O)CC(C)(C)NC[C@H](O)CO)C(=O)N2CC1=CC=C(c2ccccc2NC(=O)c2ccccc2)C(=S(=O)=O)C1. The van der Waals surface area contributed by atoms with Crippen molar-refractivity contribution in [1.29, 1.82) is 0 Å². The molecule has 0 fully saturated rings. The predicted molar refractivity (Wildman–Crippen MR) is 203 cm³/mol. The van der Waals surface area contributed by atoms with Gasteiger partial charge in [0.05, 0.1) is 30.4 Å². The minimum Gasteiger partial charge on any atom is -0.497 e. The van der Waals surface area contributed by atoms with Gasteiger partial charge in [0.15, 0.2) is 0 Å². The molecule has 12 nitrogen and oxygen atoms in total. The summed E-state index contributed by atoms with van der Waals surface area (Å²) >= 11 is 1.40. The zero-order valence-corrected chi connectivity index (χ0v) is 30.7. The number of amides is 3. The van der Waals surface area contributed by atoms with Gasteiger partial charge in [0, 0.05) is 64.5 Å². The van der Waals surface area contributed by atoms with Gasteiger partial charge in [-0.15, -0.1) is 11.8 Å². The van der Waals surface area contributed by atoms with Crippen molar-refractivity contribution < 1.29 is 37.8 Å². The summed E-state index contributed by atoms with van der Waals surface area (Å²) in [5.74, 6) is -0.229. The average Bonchev–Trinajstić information content (AvgIpc) is 3.26. The number of carbonyl (C=O) groups is 3. The second-order valence-electron chi connectivity index (χ2n) is 13.1. The summed E-state index contributed by atoms with van der Waals surface area (Å²) in [6.45, 7) is 3.30. The summed E-state index contributed by atoms with van der Waals surface area (Å²) in [6.07, 6.45) is 2.52. The number of thioether (sulfide) groups is 1. The van der Waals surface area contributed by atoms with Crippen LogP contribution in [0, 0.1) is 0 Å². The molecule has 1 aliphatic carbocycles. The monoisotopic (exact) mass is 746 g/mol. The summed E-state index contributed by atoms with van der Waals surface area (Å²) in [5.41, 5.74) is 2.38. The van der Waals surface area contributed by atoms with Crippen molar-refractivity contribution in [3.05, 3.63) is 102 Å². The molecular formula is C38H42N4O8S2. The van der Waals surface area contributed by atoms with Crippen LogP contribution in [0.2, 0.25) is 0 Å². The van der Waals surface area contributed by atoms with Gasteiger partial charge < -0.3 is 35.8 Å². The number of methoxy groups -OCH3 is 1. The molecule has 0 bridgehead atoms. The van der Waals surface area contributed by atoms with E-state index in [-0.39, 0.29) is 54.3 Å². The molecule has 0 saturated heterocycles. The number of para-hydroxylation sites is 1. The van der Waals surface area contributed by atoms with E-state index in [0.29, 0.717) is 39.4 Å². The van der Waals surface area contributed by atoms with Crippen LogP contribution in [0.3, 0.4) is 0 Å². The first-order valence-corrected chi connectivity index (χ1v) is 18.7. The van der Waals surface area contributed by atoms with Crippen LogP contribution in [-0.2, 0) is 19.9 Å². The minimum absolute atomic E-state index is 0.00000189. The Hall–Kier alpha value is -4.73. The van der Waals surface area contributed by atoms with E-state index in [2.05, 4.69) is 16.0 Å². The molecule has 5 N–H and O–H groups in total. The Kier molecular flexibility index (Phi) is 12.7. The predicted octanol–water partition coefficient (Wildman–Crippen LogP) is 3.45. The van der Waals surface area contributed by atoms with Gasteiger partial charge in [-0.25, -0.2) is 0 Å². The number of anilines is 2. The fourth-order valence-corrected chi connectivity index (χ4v) is 7.67. The first-order chi connectivity index (χ1) is 24.9. The molecule has 0 saturated carbocycles. The van der Waals surface area contributed by atoms with E-state index < -0.39 is 34.6 Å². The molecule has 3 aromatic rings.